The van der Waals surface area contributed by atoms with Crippen LogP contribution in [0.3, 0.4) is 0 Å². The standard InChI is InChI=1S/C14H17N3O3S/c1-4-20-13(19)7-10(18)9-21-14-11(8-15)12(17(2)3)5-6-16-14/h5-6H,4,7,9H2,1-3H3. The van der Waals surface area contributed by atoms with Crippen molar-refractivity contribution in [3.05, 3.63) is 17.8 Å². The van der Waals surface area contributed by atoms with Crippen molar-refractivity contribution in [2.75, 3.05) is 31.4 Å². The van der Waals surface area contributed by atoms with Gasteiger partial charge in [-0.3, -0.25) is 9.59 Å². The molecule has 7 heteroatoms. The van der Waals surface area contributed by atoms with Crippen LogP contribution in [-0.2, 0) is 14.3 Å². The second-order valence-corrected chi connectivity index (χ2v) is 5.29. The number of nitrogens with zero attached hydrogens (tertiary/aromatic N) is 3. The number of carbonyl (C=O) groups excluding carboxylic acids is 2. The van der Waals surface area contributed by atoms with Crippen molar-refractivity contribution in [1.29, 1.82) is 5.26 Å². The molecule has 1 aromatic heterocycles. The van der Waals surface area contributed by atoms with E-state index in [2.05, 4.69) is 11.1 Å². The monoisotopic (exact) mass is 307 g/mol. The molecule has 21 heavy (non-hydrogen) atoms. The van der Waals surface area contributed by atoms with Gasteiger partial charge < -0.3 is 9.64 Å². The van der Waals surface area contributed by atoms with E-state index < -0.39 is 5.97 Å². The average molecular weight is 307 g/mol. The van der Waals surface area contributed by atoms with Crippen LogP contribution in [0.5, 0.6) is 0 Å². The molecule has 6 nitrogen and oxygen atoms in total. The number of nitriles is 1. The zero-order chi connectivity index (χ0) is 15.8. The lowest BCUT2D eigenvalue weighted by Crippen LogP contribution is -2.13. The molecule has 0 spiro atoms. The van der Waals surface area contributed by atoms with Gasteiger partial charge >= 0.3 is 5.97 Å². The second kappa shape index (κ2) is 8.27. The summed E-state index contributed by atoms with van der Waals surface area (Å²) in [6.07, 6.45) is 1.34. The molecule has 0 atom stereocenters. The molecule has 0 fully saturated rings. The van der Waals surface area contributed by atoms with Gasteiger partial charge in [-0.05, 0) is 13.0 Å². The smallest absolute Gasteiger partial charge is 0.313 e. The largest absolute Gasteiger partial charge is 0.466 e. The lowest BCUT2D eigenvalue weighted by molar-refractivity contribution is -0.145. The highest BCUT2D eigenvalue weighted by Crippen LogP contribution is 2.27. The maximum atomic E-state index is 11.7. The fourth-order valence-electron chi connectivity index (χ4n) is 1.59. The number of pyridine rings is 1. The minimum atomic E-state index is -0.529. The Hall–Kier alpha value is -2.07. The Kier molecular flexibility index (Phi) is 6.69. The molecule has 0 aliphatic rings. The highest BCUT2D eigenvalue weighted by Gasteiger charge is 2.15. The Morgan fingerprint density at radius 3 is 2.76 bits per heavy atom. The van der Waals surface area contributed by atoms with Crippen LogP contribution < -0.4 is 4.90 Å². The SMILES string of the molecule is CCOC(=O)CC(=O)CSc1nccc(N(C)C)c1C#N. The quantitative estimate of drug-likeness (QED) is 0.430. The average Bonchev–Trinajstić information content (AvgIpc) is 2.44. The van der Waals surface area contributed by atoms with E-state index in [0.717, 1.165) is 17.4 Å². The Morgan fingerprint density at radius 1 is 1.48 bits per heavy atom. The summed E-state index contributed by atoms with van der Waals surface area (Å²) in [5.41, 5.74) is 1.17. The maximum absolute atomic E-state index is 11.7. The van der Waals surface area contributed by atoms with E-state index in [9.17, 15) is 14.9 Å². The highest BCUT2D eigenvalue weighted by atomic mass is 32.2. The molecule has 1 heterocycles. The molecular weight excluding hydrogens is 290 g/mol. The molecule has 0 radical (unpaired) electrons. The summed E-state index contributed by atoms with van der Waals surface area (Å²) in [4.78, 5) is 28.8. The van der Waals surface area contributed by atoms with Gasteiger partial charge in [-0.15, -0.1) is 0 Å². The minimum absolute atomic E-state index is 0.0807. The number of hydrogen-bond acceptors (Lipinski definition) is 7. The van der Waals surface area contributed by atoms with Crippen LogP contribution >= 0.6 is 11.8 Å². The topological polar surface area (TPSA) is 83.3 Å². The highest BCUT2D eigenvalue weighted by molar-refractivity contribution is 8.00. The summed E-state index contributed by atoms with van der Waals surface area (Å²) in [6, 6.07) is 3.84. The predicted molar refractivity (Wildman–Crippen MR) is 80.3 cm³/mol. The van der Waals surface area contributed by atoms with Gasteiger partial charge in [-0.2, -0.15) is 5.26 Å². The van der Waals surface area contributed by atoms with Gasteiger partial charge in [0.1, 0.15) is 23.1 Å². The van der Waals surface area contributed by atoms with Gasteiger partial charge in [0.2, 0.25) is 0 Å². The second-order valence-electron chi connectivity index (χ2n) is 4.33. The number of ketones is 1. The number of carbonyl (C=O) groups is 2. The van der Waals surface area contributed by atoms with Gasteiger partial charge in [0.15, 0.2) is 5.78 Å². The van der Waals surface area contributed by atoms with E-state index in [1.165, 1.54) is 0 Å². The first-order valence-electron chi connectivity index (χ1n) is 6.36. The van der Waals surface area contributed by atoms with Gasteiger partial charge in [0, 0.05) is 20.3 Å². The molecule has 0 aromatic carbocycles. The van der Waals surface area contributed by atoms with Gasteiger partial charge in [0.05, 0.1) is 18.0 Å². The summed E-state index contributed by atoms with van der Waals surface area (Å²) in [6.45, 7) is 1.94. The van der Waals surface area contributed by atoms with E-state index in [0.29, 0.717) is 10.6 Å². The number of hydrogen-bond donors (Lipinski definition) is 0. The summed E-state index contributed by atoms with van der Waals surface area (Å²) in [5.74, 6) is -0.699. The Bertz CT molecular complexity index is 567. The number of thioether (sulfide) groups is 1. The molecule has 0 saturated carbocycles. The molecule has 1 aromatic rings. The number of rotatable bonds is 7. The van der Waals surface area contributed by atoms with E-state index >= 15 is 0 Å². The lowest BCUT2D eigenvalue weighted by Gasteiger charge is -2.15. The zero-order valence-corrected chi connectivity index (χ0v) is 13.1. The molecule has 0 N–H and O–H groups in total. The molecule has 1 rings (SSSR count). The normalized spacial score (nSPS) is 9.81. The Labute approximate surface area is 128 Å². The molecule has 0 aliphatic heterocycles. The molecule has 0 amide bonds. The Morgan fingerprint density at radius 2 is 2.19 bits per heavy atom. The van der Waals surface area contributed by atoms with E-state index in [1.54, 1.807) is 19.2 Å². The first-order valence-corrected chi connectivity index (χ1v) is 7.34. The van der Waals surface area contributed by atoms with Crippen molar-refractivity contribution >= 4 is 29.2 Å². The van der Waals surface area contributed by atoms with E-state index in [-0.39, 0.29) is 24.6 Å². The van der Waals surface area contributed by atoms with Gasteiger partial charge in [-0.1, -0.05) is 11.8 Å². The fourth-order valence-corrected chi connectivity index (χ4v) is 2.42. The summed E-state index contributed by atoms with van der Waals surface area (Å²) in [7, 11) is 3.66. The van der Waals surface area contributed by atoms with Crippen LogP contribution in [0, 0.1) is 11.3 Å². The first kappa shape index (κ1) is 17.0. The van der Waals surface area contributed by atoms with E-state index in [4.69, 9.17) is 4.74 Å². The van der Waals surface area contributed by atoms with Crippen molar-refractivity contribution in [2.45, 2.75) is 18.4 Å². The maximum Gasteiger partial charge on any atom is 0.313 e. The van der Waals surface area contributed by atoms with Crippen molar-refractivity contribution in [2.24, 2.45) is 0 Å². The molecule has 0 saturated heterocycles. The van der Waals surface area contributed by atoms with Crippen LogP contribution in [0.25, 0.3) is 0 Å². The van der Waals surface area contributed by atoms with Crippen LogP contribution in [0.15, 0.2) is 17.3 Å². The fraction of sp³-hybridized carbons (Fsp3) is 0.429. The van der Waals surface area contributed by atoms with Crippen LogP contribution in [0.1, 0.15) is 18.9 Å². The summed E-state index contributed by atoms with van der Waals surface area (Å²) >= 11 is 1.15. The third kappa shape index (κ3) is 5.08. The zero-order valence-electron chi connectivity index (χ0n) is 12.3. The first-order chi connectivity index (χ1) is 9.99. The van der Waals surface area contributed by atoms with Crippen LogP contribution in [0.2, 0.25) is 0 Å². The van der Waals surface area contributed by atoms with Crippen LogP contribution in [0.4, 0.5) is 5.69 Å². The molecule has 0 bridgehead atoms. The van der Waals surface area contributed by atoms with Gasteiger partial charge in [-0.25, -0.2) is 4.98 Å². The number of esters is 1. The van der Waals surface area contributed by atoms with Crippen molar-refractivity contribution < 1.29 is 14.3 Å². The van der Waals surface area contributed by atoms with Crippen molar-refractivity contribution in [3.8, 4) is 6.07 Å². The lowest BCUT2D eigenvalue weighted by atomic mass is 10.2. The molecule has 0 aliphatic carbocycles. The number of aromatic nitrogens is 1. The summed E-state index contributed by atoms with van der Waals surface area (Å²) in [5, 5.41) is 9.73. The molecule has 0 unspecified atom stereocenters. The molecule has 112 valence electrons. The molecular formula is C14H17N3O3S. The van der Waals surface area contributed by atoms with Crippen molar-refractivity contribution in [3.63, 3.8) is 0 Å². The van der Waals surface area contributed by atoms with Gasteiger partial charge in [0.25, 0.3) is 0 Å². The third-order valence-electron chi connectivity index (χ3n) is 2.50. The third-order valence-corrected chi connectivity index (χ3v) is 3.55. The predicted octanol–water partition coefficient (Wildman–Crippen LogP) is 1.63. The number of Topliss-reactive ketones (excluding diaryl/α,β-unsaturated/α-hetero) is 1. The number of ether oxygens (including phenoxy) is 1. The number of anilines is 1. The van der Waals surface area contributed by atoms with Crippen molar-refractivity contribution in [1.82, 2.24) is 4.98 Å². The van der Waals surface area contributed by atoms with Crippen LogP contribution in [-0.4, -0.2) is 43.2 Å². The summed E-state index contributed by atoms with van der Waals surface area (Å²) < 4.78 is 4.72. The Balaban J connectivity index is 2.72. The van der Waals surface area contributed by atoms with E-state index in [1.807, 2.05) is 19.0 Å². The minimum Gasteiger partial charge on any atom is -0.466 e.